The van der Waals surface area contributed by atoms with Gasteiger partial charge in [-0.1, -0.05) is 41.5 Å². The number of hydrogen-bond donors (Lipinski definition) is 1. The Balaban J connectivity index is -0.000000522. The predicted octanol–water partition coefficient (Wildman–Crippen LogP) is -0.693. The summed E-state index contributed by atoms with van der Waals surface area (Å²) in [4.78, 5) is 0. The maximum Gasteiger partial charge on any atom is 3.00 e. The number of phenolic OH excluding ortho intramolecular Hbond substituents is 1. The second kappa shape index (κ2) is 12.8. The fourth-order valence-corrected chi connectivity index (χ4v) is 2.21. The molecule has 0 saturated carbocycles. The van der Waals surface area contributed by atoms with Gasteiger partial charge in [0, 0.05) is 11.1 Å². The molecule has 0 spiro atoms. The van der Waals surface area contributed by atoms with E-state index in [-0.39, 0.29) is 80.5 Å². The van der Waals surface area contributed by atoms with Crippen LogP contribution in [-0.2, 0) is 32.5 Å². The van der Waals surface area contributed by atoms with E-state index in [0.717, 1.165) is 23.3 Å². The van der Waals surface area contributed by atoms with Gasteiger partial charge in [-0.25, -0.2) is 12.2 Å². The van der Waals surface area contributed by atoms with Crippen molar-refractivity contribution in [3.63, 3.8) is 0 Å². The molecule has 0 saturated heterocycles. The van der Waals surface area contributed by atoms with Crippen LogP contribution in [-0.4, -0.2) is 12.2 Å². The van der Waals surface area contributed by atoms with Crippen molar-refractivity contribution in [2.45, 2.75) is 58.8 Å². The summed E-state index contributed by atoms with van der Waals surface area (Å²) < 4.78 is 5.33. The third kappa shape index (κ3) is 9.82. The van der Waals surface area contributed by atoms with Gasteiger partial charge >= 0.3 is 21.7 Å². The van der Waals surface area contributed by atoms with E-state index >= 15 is 0 Å². The van der Waals surface area contributed by atoms with E-state index in [1.807, 2.05) is 24.3 Å². The summed E-state index contributed by atoms with van der Waals surface area (Å²) in [6.45, 7) is 12.5. The van der Waals surface area contributed by atoms with Crippen molar-refractivity contribution in [2.75, 3.05) is 7.11 Å². The van der Waals surface area contributed by atoms with Gasteiger partial charge < -0.3 is 57.8 Å². The first-order valence-electron chi connectivity index (χ1n) is 7.71. The zero-order chi connectivity index (χ0) is 17.0. The zero-order valence-corrected chi connectivity index (χ0v) is 22.1. The molecule has 1 radical (unpaired) electrons. The Morgan fingerprint density at radius 3 is 1.60 bits per heavy atom. The first-order valence-corrected chi connectivity index (χ1v) is 7.71. The zero-order valence-electron chi connectivity index (χ0n) is 16.2. The molecule has 2 rings (SSSR count). The number of rotatable bonds is 1. The van der Waals surface area contributed by atoms with E-state index in [2.05, 4.69) is 53.7 Å². The fourth-order valence-electron chi connectivity index (χ4n) is 2.21. The third-order valence-electron chi connectivity index (χ3n) is 3.52. The van der Waals surface area contributed by atoms with Gasteiger partial charge in [0.25, 0.3) is 0 Å². The maximum absolute atomic E-state index is 10.4. The molecule has 1 N–H and O–H groups in total. The Morgan fingerprint density at radius 2 is 1.40 bits per heavy atom. The van der Waals surface area contributed by atoms with Crippen LogP contribution in [0.25, 0.3) is 0 Å². The molecule has 1 aliphatic rings. The Labute approximate surface area is 202 Å². The third-order valence-corrected chi connectivity index (χ3v) is 3.52. The molecule has 0 aromatic heterocycles. The molecule has 1 aliphatic carbocycles. The molecule has 0 aliphatic heterocycles. The fraction of sp³-hybridized carbons (Fsp3) is 0.500. The van der Waals surface area contributed by atoms with Crippen molar-refractivity contribution in [3.05, 3.63) is 47.6 Å². The van der Waals surface area contributed by atoms with E-state index in [4.69, 9.17) is 4.74 Å². The predicted molar refractivity (Wildman–Crippen MR) is 93.6 cm³/mol. The van der Waals surface area contributed by atoms with Gasteiger partial charge in [0.2, 0.25) is 0 Å². The molecule has 25 heavy (non-hydrogen) atoms. The van der Waals surface area contributed by atoms with Gasteiger partial charge in [-0.3, -0.25) is 6.08 Å². The normalized spacial score (nSPS) is 12.1. The Kier molecular flexibility index (Phi) is 15.5. The number of allylic oxidation sites excluding steroid dienone is 4. The van der Waals surface area contributed by atoms with Gasteiger partial charge in [0.05, 0.1) is 7.11 Å². The van der Waals surface area contributed by atoms with Crippen LogP contribution in [0.3, 0.4) is 0 Å². The van der Waals surface area contributed by atoms with Crippen molar-refractivity contribution in [1.29, 1.82) is 0 Å². The quantitative estimate of drug-likeness (QED) is 0.262. The number of ether oxygens (including phenoxy) is 1. The van der Waals surface area contributed by atoms with Crippen LogP contribution < -0.4 is 52.7 Å². The molecule has 139 valence electrons. The Morgan fingerprint density at radius 1 is 0.960 bits per heavy atom. The van der Waals surface area contributed by atoms with Crippen molar-refractivity contribution < 1.29 is 79.5 Å². The standard InChI is InChI=1S/C15H24O2.C5H5.2HI.Ti/c1-14(2,3)11-8-10(17-7)9-12(13(11)16)15(4,5)6;1-2-4-5-3-1;;;/h8-9,16H,1-7H3;1-3H,4H2;2*1H;/q;-1;;;+3/p-2. The molecule has 2 nitrogen and oxygen atoms in total. The van der Waals surface area contributed by atoms with Gasteiger partial charge in [0.1, 0.15) is 11.5 Å². The minimum atomic E-state index is -0.0986. The molecule has 0 fully saturated rings. The van der Waals surface area contributed by atoms with E-state index < -0.39 is 0 Å². The van der Waals surface area contributed by atoms with Gasteiger partial charge in [-0.2, -0.15) is 6.08 Å². The molecule has 0 bridgehead atoms. The molecule has 1 aromatic rings. The van der Waals surface area contributed by atoms with E-state index in [9.17, 15) is 5.11 Å². The number of benzene rings is 1. The van der Waals surface area contributed by atoms with Crippen LogP contribution in [0.2, 0.25) is 0 Å². The molecule has 5 heteroatoms. The van der Waals surface area contributed by atoms with Crippen LogP contribution in [0.4, 0.5) is 0 Å². The summed E-state index contributed by atoms with van der Waals surface area (Å²) in [6.07, 6.45) is 10.0. The summed E-state index contributed by atoms with van der Waals surface area (Å²) in [7, 11) is 1.66. The molecular formula is C20H29I2O2Ti. The van der Waals surface area contributed by atoms with Crippen LogP contribution in [0, 0.1) is 6.08 Å². The number of hydrogen-bond acceptors (Lipinski definition) is 2. The SMILES string of the molecule is COc1cc(C(C)(C)C)c(O)c(C(C)(C)C)c1.[C-]1=CC=CC1.[I-].[I-].[Ti+3]. The number of halogens is 2. The molecular weight excluding hydrogens is 574 g/mol. The van der Waals surface area contributed by atoms with Crippen molar-refractivity contribution in [3.8, 4) is 11.5 Å². The topological polar surface area (TPSA) is 29.5 Å². The van der Waals surface area contributed by atoms with Crippen LogP contribution in [0.5, 0.6) is 11.5 Å². The summed E-state index contributed by atoms with van der Waals surface area (Å²) in [5.74, 6) is 1.20. The molecule has 0 unspecified atom stereocenters. The summed E-state index contributed by atoms with van der Waals surface area (Å²) in [5, 5.41) is 10.4. The monoisotopic (exact) mass is 603 g/mol. The van der Waals surface area contributed by atoms with Gasteiger partial charge in [0.15, 0.2) is 0 Å². The first kappa shape index (κ1) is 30.2. The number of phenols is 1. The Bertz CT molecular complexity index is 523. The van der Waals surface area contributed by atoms with Crippen molar-refractivity contribution >= 4 is 0 Å². The molecule has 0 atom stereocenters. The number of aromatic hydroxyl groups is 1. The molecule has 0 heterocycles. The minimum Gasteiger partial charge on any atom is -1.00 e. The van der Waals surface area contributed by atoms with E-state index in [1.54, 1.807) is 7.11 Å². The van der Waals surface area contributed by atoms with Crippen LogP contribution in [0.15, 0.2) is 30.4 Å². The molecule has 0 amide bonds. The van der Waals surface area contributed by atoms with E-state index in [0.29, 0.717) is 5.75 Å². The summed E-state index contributed by atoms with van der Waals surface area (Å²) >= 11 is 0. The van der Waals surface area contributed by atoms with Crippen molar-refractivity contribution in [2.24, 2.45) is 0 Å². The van der Waals surface area contributed by atoms with Crippen LogP contribution in [0.1, 0.15) is 59.1 Å². The summed E-state index contributed by atoms with van der Waals surface area (Å²) in [6, 6.07) is 3.84. The maximum atomic E-state index is 10.4. The Hall–Kier alpha value is 0.474. The smallest absolute Gasteiger partial charge is 1.00 e. The second-order valence-electron chi connectivity index (χ2n) is 7.57. The largest absolute Gasteiger partial charge is 3.00 e. The average Bonchev–Trinajstić information content (AvgIpc) is 2.95. The number of methoxy groups -OCH3 is 1. The first-order chi connectivity index (χ1) is 10.1. The summed E-state index contributed by atoms with van der Waals surface area (Å²) in [5.41, 5.74) is 1.67. The second-order valence-corrected chi connectivity index (χ2v) is 7.57. The van der Waals surface area contributed by atoms with E-state index in [1.165, 1.54) is 0 Å². The van der Waals surface area contributed by atoms with Gasteiger partial charge in [-0.15, -0.1) is 6.42 Å². The van der Waals surface area contributed by atoms with Gasteiger partial charge in [-0.05, 0) is 23.0 Å². The average molecular weight is 603 g/mol. The van der Waals surface area contributed by atoms with Crippen LogP contribution >= 0.6 is 0 Å². The molecule has 1 aromatic carbocycles. The minimum absolute atomic E-state index is 0. The van der Waals surface area contributed by atoms with Crippen molar-refractivity contribution in [1.82, 2.24) is 0 Å².